The smallest absolute Gasteiger partial charge is 0.230 e. The van der Waals surface area contributed by atoms with Crippen molar-refractivity contribution in [3.8, 4) is 22.0 Å². The molecule has 4 aromatic rings. The van der Waals surface area contributed by atoms with Gasteiger partial charge in [-0.25, -0.2) is 4.98 Å². The van der Waals surface area contributed by atoms with Crippen LogP contribution in [0.25, 0.3) is 22.0 Å². The van der Waals surface area contributed by atoms with E-state index in [-0.39, 0.29) is 11.7 Å². The Labute approximate surface area is 174 Å². The Bertz CT molecular complexity index is 1060. The van der Waals surface area contributed by atoms with Crippen LogP contribution in [0.4, 0.5) is 0 Å². The summed E-state index contributed by atoms with van der Waals surface area (Å²) in [5, 5.41) is 13.1. The fraction of sp³-hybridized carbons (Fsp3) is 0.105. The van der Waals surface area contributed by atoms with Crippen molar-refractivity contribution >= 4 is 40.6 Å². The minimum Gasteiger partial charge on any atom is -0.459 e. The molecule has 0 bridgehead atoms. The number of furan rings is 1. The lowest BCUT2D eigenvalue weighted by molar-refractivity contribution is -0.118. The number of carbonyl (C=O) groups excluding carboxylic acids is 1. The molecule has 28 heavy (non-hydrogen) atoms. The third-order valence-corrected chi connectivity index (χ3v) is 5.78. The molecule has 0 spiro atoms. The minimum atomic E-state index is -0.114. The van der Waals surface area contributed by atoms with Crippen LogP contribution in [-0.2, 0) is 11.3 Å². The molecule has 4 rings (SSSR count). The van der Waals surface area contributed by atoms with Gasteiger partial charge in [-0.15, -0.1) is 16.4 Å². The van der Waals surface area contributed by atoms with Gasteiger partial charge in [0.25, 0.3) is 0 Å². The van der Waals surface area contributed by atoms with Crippen LogP contribution in [0, 0.1) is 0 Å². The van der Waals surface area contributed by atoms with Gasteiger partial charge in [0.05, 0.1) is 17.2 Å². The van der Waals surface area contributed by atoms with Crippen molar-refractivity contribution in [3.05, 3.63) is 64.7 Å². The molecule has 0 unspecified atom stereocenters. The first kappa shape index (κ1) is 18.8. The largest absolute Gasteiger partial charge is 0.459 e. The molecule has 142 valence electrons. The first-order valence-corrected chi connectivity index (χ1v) is 10.6. The van der Waals surface area contributed by atoms with Crippen molar-refractivity contribution in [2.75, 3.05) is 5.75 Å². The van der Waals surface area contributed by atoms with Crippen LogP contribution >= 0.6 is 34.7 Å². The van der Waals surface area contributed by atoms with Gasteiger partial charge in [-0.1, -0.05) is 29.4 Å². The average molecular weight is 431 g/mol. The van der Waals surface area contributed by atoms with E-state index in [1.807, 2.05) is 53.9 Å². The second-order valence-electron chi connectivity index (χ2n) is 5.78. The molecule has 0 radical (unpaired) electrons. The number of thiophene rings is 1. The Morgan fingerprint density at radius 2 is 2.07 bits per heavy atom. The van der Waals surface area contributed by atoms with E-state index in [0.29, 0.717) is 28.3 Å². The molecule has 0 saturated heterocycles. The van der Waals surface area contributed by atoms with Crippen molar-refractivity contribution in [1.29, 1.82) is 0 Å². The number of H-pyrrole nitrogens is 1. The molecule has 0 atom stereocenters. The van der Waals surface area contributed by atoms with E-state index >= 15 is 0 Å². The third-order valence-electron chi connectivity index (χ3n) is 3.80. The van der Waals surface area contributed by atoms with E-state index in [0.717, 1.165) is 16.2 Å². The molecular formula is C19H15ClN4O2S2. The summed E-state index contributed by atoms with van der Waals surface area (Å²) in [6, 6.07) is 15.0. The Kier molecular flexibility index (Phi) is 5.80. The SMILES string of the molecule is O=C(CSc1n[nH]c(-c2cccs2)n1)NCc1ccc(-c2ccc(Cl)cc2)o1. The molecule has 0 fully saturated rings. The van der Waals surface area contributed by atoms with Crippen LogP contribution in [0.5, 0.6) is 0 Å². The van der Waals surface area contributed by atoms with E-state index < -0.39 is 0 Å². The van der Waals surface area contributed by atoms with Crippen LogP contribution in [0.15, 0.2) is 63.5 Å². The summed E-state index contributed by atoms with van der Waals surface area (Å²) in [6.07, 6.45) is 0. The van der Waals surface area contributed by atoms with Crippen LogP contribution in [0.1, 0.15) is 5.76 Å². The van der Waals surface area contributed by atoms with Crippen LogP contribution < -0.4 is 5.32 Å². The lowest BCUT2D eigenvalue weighted by Gasteiger charge is -2.02. The van der Waals surface area contributed by atoms with Gasteiger partial charge in [-0.2, -0.15) is 0 Å². The highest BCUT2D eigenvalue weighted by Gasteiger charge is 2.11. The maximum atomic E-state index is 12.1. The van der Waals surface area contributed by atoms with Crippen LogP contribution in [0.3, 0.4) is 0 Å². The Balaban J connectivity index is 1.26. The molecule has 1 amide bonds. The quantitative estimate of drug-likeness (QED) is 0.409. The number of halogens is 1. The number of aromatic amines is 1. The van der Waals surface area contributed by atoms with Gasteiger partial charge in [0.15, 0.2) is 5.82 Å². The molecule has 3 heterocycles. The highest BCUT2D eigenvalue weighted by molar-refractivity contribution is 7.99. The average Bonchev–Trinajstić information content (AvgIpc) is 3.46. The normalized spacial score (nSPS) is 10.9. The molecule has 2 N–H and O–H groups in total. The minimum absolute atomic E-state index is 0.114. The van der Waals surface area contributed by atoms with Gasteiger partial charge in [0, 0.05) is 10.6 Å². The summed E-state index contributed by atoms with van der Waals surface area (Å²) in [6.45, 7) is 0.321. The molecule has 0 aliphatic rings. The summed E-state index contributed by atoms with van der Waals surface area (Å²) < 4.78 is 5.77. The fourth-order valence-corrected chi connectivity index (χ4v) is 3.86. The number of amides is 1. The number of rotatable bonds is 7. The molecule has 6 nitrogen and oxygen atoms in total. The van der Waals surface area contributed by atoms with Gasteiger partial charge in [-0.05, 0) is 47.8 Å². The van der Waals surface area contributed by atoms with E-state index in [4.69, 9.17) is 16.0 Å². The van der Waals surface area contributed by atoms with E-state index in [2.05, 4.69) is 20.5 Å². The Morgan fingerprint density at radius 1 is 1.21 bits per heavy atom. The first-order chi connectivity index (χ1) is 13.7. The third kappa shape index (κ3) is 4.64. The first-order valence-electron chi connectivity index (χ1n) is 8.38. The van der Waals surface area contributed by atoms with Crippen LogP contribution in [-0.4, -0.2) is 26.8 Å². The lowest BCUT2D eigenvalue weighted by atomic mass is 10.2. The Hall–Kier alpha value is -2.55. The summed E-state index contributed by atoms with van der Waals surface area (Å²) in [5.74, 6) is 2.24. The highest BCUT2D eigenvalue weighted by Crippen LogP contribution is 2.24. The van der Waals surface area contributed by atoms with Crippen molar-refractivity contribution in [2.24, 2.45) is 0 Å². The van der Waals surface area contributed by atoms with Crippen molar-refractivity contribution < 1.29 is 9.21 Å². The standard InChI is InChI=1S/C19H15ClN4O2S2/c20-13-5-3-12(4-6-13)15-8-7-14(26-15)10-21-17(25)11-28-19-22-18(23-24-19)16-2-1-9-27-16/h1-9H,10-11H2,(H,21,25)(H,22,23,24). The second-order valence-corrected chi connectivity index (χ2v) is 8.11. The van der Waals surface area contributed by atoms with Gasteiger partial charge in [0.2, 0.25) is 11.1 Å². The summed E-state index contributed by atoms with van der Waals surface area (Å²) in [7, 11) is 0. The molecule has 3 aromatic heterocycles. The zero-order chi connectivity index (χ0) is 19.3. The monoisotopic (exact) mass is 430 g/mol. The topological polar surface area (TPSA) is 83.8 Å². The van der Waals surface area contributed by atoms with Crippen molar-refractivity contribution in [3.63, 3.8) is 0 Å². The van der Waals surface area contributed by atoms with Gasteiger partial charge in [0.1, 0.15) is 11.5 Å². The number of thioether (sulfide) groups is 1. The van der Waals surface area contributed by atoms with Gasteiger partial charge < -0.3 is 9.73 Å². The number of hydrogen-bond acceptors (Lipinski definition) is 6. The fourth-order valence-electron chi connectivity index (χ4n) is 2.44. The lowest BCUT2D eigenvalue weighted by Crippen LogP contribution is -2.24. The summed E-state index contributed by atoms with van der Waals surface area (Å²) in [4.78, 5) is 17.5. The molecule has 9 heteroatoms. The molecule has 0 aliphatic carbocycles. The predicted octanol–water partition coefficient (Wildman–Crippen LogP) is 4.86. The molecular weight excluding hydrogens is 416 g/mol. The number of aromatic nitrogens is 3. The van der Waals surface area contributed by atoms with Crippen LogP contribution in [0.2, 0.25) is 5.02 Å². The van der Waals surface area contributed by atoms with Crippen molar-refractivity contribution in [2.45, 2.75) is 11.7 Å². The summed E-state index contributed by atoms with van der Waals surface area (Å²) in [5.41, 5.74) is 0.934. The highest BCUT2D eigenvalue weighted by atomic mass is 35.5. The molecule has 0 aliphatic heterocycles. The van der Waals surface area contributed by atoms with E-state index in [1.165, 1.54) is 11.8 Å². The van der Waals surface area contributed by atoms with Crippen molar-refractivity contribution in [1.82, 2.24) is 20.5 Å². The molecule has 0 saturated carbocycles. The second kappa shape index (κ2) is 8.64. The number of carbonyl (C=O) groups is 1. The Morgan fingerprint density at radius 3 is 2.86 bits per heavy atom. The van der Waals surface area contributed by atoms with E-state index in [9.17, 15) is 4.79 Å². The number of nitrogens with one attached hydrogen (secondary N) is 2. The number of nitrogens with zero attached hydrogens (tertiary/aromatic N) is 2. The zero-order valence-electron chi connectivity index (χ0n) is 14.5. The van der Waals surface area contributed by atoms with Gasteiger partial charge >= 0.3 is 0 Å². The van der Waals surface area contributed by atoms with Gasteiger partial charge in [-0.3, -0.25) is 9.89 Å². The number of benzene rings is 1. The zero-order valence-corrected chi connectivity index (χ0v) is 16.9. The maximum Gasteiger partial charge on any atom is 0.230 e. The summed E-state index contributed by atoms with van der Waals surface area (Å²) >= 11 is 8.76. The van der Waals surface area contributed by atoms with E-state index in [1.54, 1.807) is 11.3 Å². The predicted molar refractivity (Wildman–Crippen MR) is 111 cm³/mol. The molecule has 1 aromatic carbocycles. The number of hydrogen-bond donors (Lipinski definition) is 2. The maximum absolute atomic E-state index is 12.1.